The lowest BCUT2D eigenvalue weighted by Gasteiger charge is -2.16. The molecule has 0 fully saturated rings. The van der Waals surface area contributed by atoms with Crippen molar-refractivity contribution in [3.05, 3.63) is 78.6 Å². The number of nitrogens with zero attached hydrogens (tertiary/aromatic N) is 2. The average molecular weight is 334 g/mol. The van der Waals surface area contributed by atoms with E-state index < -0.39 is 0 Å². The van der Waals surface area contributed by atoms with Crippen molar-refractivity contribution >= 4 is 17.3 Å². The third-order valence-electron chi connectivity index (χ3n) is 3.98. The normalized spacial score (nSPS) is 11.7. The van der Waals surface area contributed by atoms with Gasteiger partial charge < -0.3 is 10.6 Å². The molecule has 128 valence electrons. The maximum absolute atomic E-state index is 12.0. The number of hydrogen-bond donors (Lipinski definition) is 2. The molecule has 25 heavy (non-hydrogen) atoms. The Kier molecular flexibility index (Phi) is 5.46. The Balaban J connectivity index is 1.50. The molecular formula is C20H22N4O. The summed E-state index contributed by atoms with van der Waals surface area (Å²) in [6.45, 7) is 2.70. The number of rotatable bonds is 7. The highest BCUT2D eigenvalue weighted by Gasteiger charge is 2.06. The summed E-state index contributed by atoms with van der Waals surface area (Å²) in [5.74, 6) is -0.0196. The first kappa shape index (κ1) is 16.8. The Morgan fingerprint density at radius 1 is 1.04 bits per heavy atom. The molecule has 1 amide bonds. The van der Waals surface area contributed by atoms with Crippen molar-refractivity contribution in [3.8, 4) is 0 Å². The van der Waals surface area contributed by atoms with E-state index in [0.717, 1.165) is 11.4 Å². The molecule has 3 aromatic rings. The van der Waals surface area contributed by atoms with E-state index in [2.05, 4.69) is 34.8 Å². The number of aromatic nitrogens is 2. The first-order valence-corrected chi connectivity index (χ1v) is 8.39. The number of nitrogens with one attached hydrogen (secondary N) is 2. The third-order valence-corrected chi connectivity index (χ3v) is 3.98. The van der Waals surface area contributed by atoms with Crippen LogP contribution in [-0.2, 0) is 11.3 Å². The standard InChI is InChI=1S/C20H22N4O/c1-16(17-6-3-2-4-7-17)22-18-8-10-19(11-9-18)23-20(25)12-15-24-14-5-13-21-24/h2-11,13-14,16,22H,12,15H2,1H3,(H,23,25)/t16-/m0/s1. The van der Waals surface area contributed by atoms with Gasteiger partial charge in [-0.1, -0.05) is 30.3 Å². The van der Waals surface area contributed by atoms with Crippen LogP contribution in [0.1, 0.15) is 24.9 Å². The molecule has 3 rings (SSSR count). The van der Waals surface area contributed by atoms with Gasteiger partial charge in [0, 0.05) is 42.8 Å². The molecule has 0 unspecified atom stereocenters. The quantitative estimate of drug-likeness (QED) is 0.684. The van der Waals surface area contributed by atoms with Gasteiger partial charge >= 0.3 is 0 Å². The van der Waals surface area contributed by atoms with Gasteiger partial charge in [0.1, 0.15) is 0 Å². The Hall–Kier alpha value is -3.08. The molecule has 1 heterocycles. The molecular weight excluding hydrogens is 312 g/mol. The molecule has 2 aromatic carbocycles. The van der Waals surface area contributed by atoms with Crippen LogP contribution >= 0.6 is 0 Å². The van der Waals surface area contributed by atoms with Gasteiger partial charge in [0.25, 0.3) is 0 Å². The summed E-state index contributed by atoms with van der Waals surface area (Å²) in [5, 5.41) is 10.5. The van der Waals surface area contributed by atoms with Gasteiger partial charge in [0.15, 0.2) is 0 Å². The van der Waals surface area contributed by atoms with E-state index in [1.165, 1.54) is 5.56 Å². The van der Waals surface area contributed by atoms with E-state index in [4.69, 9.17) is 0 Å². The second-order valence-electron chi connectivity index (χ2n) is 5.92. The second kappa shape index (κ2) is 8.15. The van der Waals surface area contributed by atoms with Crippen molar-refractivity contribution in [2.45, 2.75) is 25.9 Å². The molecule has 1 atom stereocenters. The summed E-state index contributed by atoms with van der Waals surface area (Å²) in [6, 6.07) is 20.1. The van der Waals surface area contributed by atoms with Crippen molar-refractivity contribution in [2.75, 3.05) is 10.6 Å². The largest absolute Gasteiger partial charge is 0.379 e. The first-order chi connectivity index (χ1) is 12.2. The van der Waals surface area contributed by atoms with Gasteiger partial charge in [-0.3, -0.25) is 9.48 Å². The van der Waals surface area contributed by atoms with E-state index in [9.17, 15) is 4.79 Å². The molecule has 0 saturated carbocycles. The first-order valence-electron chi connectivity index (χ1n) is 8.39. The lowest BCUT2D eigenvalue weighted by Crippen LogP contribution is -2.14. The van der Waals surface area contributed by atoms with Gasteiger partial charge in [-0.2, -0.15) is 5.10 Å². The number of amides is 1. The molecule has 2 N–H and O–H groups in total. The molecule has 0 aliphatic carbocycles. The Morgan fingerprint density at radius 2 is 1.76 bits per heavy atom. The number of hydrogen-bond acceptors (Lipinski definition) is 3. The summed E-state index contributed by atoms with van der Waals surface area (Å²) < 4.78 is 1.75. The Morgan fingerprint density at radius 3 is 2.44 bits per heavy atom. The molecule has 0 spiro atoms. The highest BCUT2D eigenvalue weighted by atomic mass is 16.1. The average Bonchev–Trinajstić information content (AvgIpc) is 3.16. The van der Waals surface area contributed by atoms with Crippen LogP contribution in [0.5, 0.6) is 0 Å². The fraction of sp³-hybridized carbons (Fsp3) is 0.200. The molecule has 0 aliphatic heterocycles. The van der Waals surface area contributed by atoms with Gasteiger partial charge in [-0.05, 0) is 42.8 Å². The summed E-state index contributed by atoms with van der Waals surface area (Å²) in [4.78, 5) is 12.0. The maximum Gasteiger partial charge on any atom is 0.226 e. The zero-order valence-electron chi connectivity index (χ0n) is 14.2. The number of carbonyl (C=O) groups is 1. The lowest BCUT2D eigenvalue weighted by molar-refractivity contribution is -0.116. The minimum Gasteiger partial charge on any atom is -0.379 e. The summed E-state index contributed by atoms with van der Waals surface area (Å²) in [5.41, 5.74) is 3.05. The smallest absolute Gasteiger partial charge is 0.226 e. The molecule has 0 saturated heterocycles. The number of benzene rings is 2. The van der Waals surface area contributed by atoms with Crippen LogP contribution in [0.15, 0.2) is 73.1 Å². The lowest BCUT2D eigenvalue weighted by atomic mass is 10.1. The maximum atomic E-state index is 12.0. The minimum atomic E-state index is -0.0196. The number of anilines is 2. The zero-order chi connectivity index (χ0) is 17.5. The summed E-state index contributed by atoms with van der Waals surface area (Å²) in [6.07, 6.45) is 3.95. The second-order valence-corrected chi connectivity index (χ2v) is 5.92. The summed E-state index contributed by atoms with van der Waals surface area (Å²) in [7, 11) is 0. The summed E-state index contributed by atoms with van der Waals surface area (Å²) >= 11 is 0. The van der Waals surface area contributed by atoms with Crippen LogP contribution in [0, 0.1) is 0 Å². The SMILES string of the molecule is C[C@H](Nc1ccc(NC(=O)CCn2cccn2)cc1)c1ccccc1. The molecule has 5 nitrogen and oxygen atoms in total. The van der Waals surface area contributed by atoms with Crippen LogP contribution < -0.4 is 10.6 Å². The Bertz CT molecular complexity index is 782. The van der Waals surface area contributed by atoms with Crippen molar-refractivity contribution < 1.29 is 4.79 Å². The molecule has 0 bridgehead atoms. The van der Waals surface area contributed by atoms with E-state index in [1.807, 2.05) is 54.7 Å². The van der Waals surface area contributed by atoms with E-state index in [-0.39, 0.29) is 11.9 Å². The fourth-order valence-electron chi connectivity index (χ4n) is 2.60. The van der Waals surface area contributed by atoms with Crippen LogP contribution in [0.4, 0.5) is 11.4 Å². The third kappa shape index (κ3) is 4.94. The molecule has 0 radical (unpaired) electrons. The molecule has 0 aliphatic rings. The van der Waals surface area contributed by atoms with Crippen LogP contribution in [0.2, 0.25) is 0 Å². The highest BCUT2D eigenvalue weighted by molar-refractivity contribution is 5.90. The fourth-order valence-corrected chi connectivity index (χ4v) is 2.60. The van der Waals surface area contributed by atoms with Crippen molar-refractivity contribution in [3.63, 3.8) is 0 Å². The van der Waals surface area contributed by atoms with Crippen molar-refractivity contribution in [1.82, 2.24) is 9.78 Å². The highest BCUT2D eigenvalue weighted by Crippen LogP contribution is 2.20. The van der Waals surface area contributed by atoms with Crippen LogP contribution in [0.25, 0.3) is 0 Å². The van der Waals surface area contributed by atoms with Crippen molar-refractivity contribution in [1.29, 1.82) is 0 Å². The van der Waals surface area contributed by atoms with Crippen LogP contribution in [0.3, 0.4) is 0 Å². The van der Waals surface area contributed by atoms with Crippen LogP contribution in [-0.4, -0.2) is 15.7 Å². The minimum absolute atomic E-state index is 0.0196. The number of aryl methyl sites for hydroxylation is 1. The van der Waals surface area contributed by atoms with Gasteiger partial charge in [0.2, 0.25) is 5.91 Å². The monoisotopic (exact) mass is 334 g/mol. The van der Waals surface area contributed by atoms with Crippen molar-refractivity contribution in [2.24, 2.45) is 0 Å². The van der Waals surface area contributed by atoms with E-state index in [0.29, 0.717) is 13.0 Å². The van der Waals surface area contributed by atoms with E-state index in [1.54, 1.807) is 10.9 Å². The van der Waals surface area contributed by atoms with E-state index >= 15 is 0 Å². The Labute approximate surface area is 147 Å². The van der Waals surface area contributed by atoms with Gasteiger partial charge in [-0.25, -0.2) is 0 Å². The topological polar surface area (TPSA) is 58.9 Å². The zero-order valence-corrected chi connectivity index (χ0v) is 14.2. The predicted octanol–water partition coefficient (Wildman–Crippen LogP) is 4.09. The molecule has 1 aromatic heterocycles. The molecule has 5 heteroatoms. The predicted molar refractivity (Wildman–Crippen MR) is 100 cm³/mol. The van der Waals surface area contributed by atoms with Gasteiger partial charge in [-0.15, -0.1) is 0 Å². The number of carbonyl (C=O) groups excluding carboxylic acids is 1. The van der Waals surface area contributed by atoms with Gasteiger partial charge in [0.05, 0.1) is 0 Å².